The highest BCUT2D eigenvalue weighted by Crippen LogP contribution is 2.82. The Balaban J connectivity index is 1.98. The first-order valence-corrected chi connectivity index (χ1v) is 16.4. The molecule has 1 aliphatic heterocycles. The van der Waals surface area contributed by atoms with Gasteiger partial charge in [0.05, 0.1) is 0 Å². The average molecular weight is 513 g/mol. The van der Waals surface area contributed by atoms with Gasteiger partial charge in [0, 0.05) is 5.40 Å². The zero-order chi connectivity index (χ0) is 26.0. The van der Waals surface area contributed by atoms with Crippen molar-refractivity contribution < 1.29 is 0 Å². The molecule has 0 aliphatic carbocycles. The van der Waals surface area contributed by atoms with E-state index >= 15 is 0 Å². The van der Waals surface area contributed by atoms with Crippen molar-refractivity contribution in [2.75, 3.05) is 0 Å². The number of hydrogen-bond donors (Lipinski definition) is 0. The Kier molecular flexibility index (Phi) is 6.42. The lowest BCUT2D eigenvalue weighted by molar-refractivity contribution is 0.697. The van der Waals surface area contributed by atoms with Crippen LogP contribution >= 0.6 is 15.8 Å². The zero-order valence-corrected chi connectivity index (χ0v) is 25.4. The van der Waals surface area contributed by atoms with E-state index in [1.165, 1.54) is 38.8 Å². The minimum atomic E-state index is -0.340. The number of hydrogen-bond acceptors (Lipinski definition) is 0. The van der Waals surface area contributed by atoms with E-state index in [-0.39, 0.29) is 31.3 Å². The maximum absolute atomic E-state index is 2.53. The van der Waals surface area contributed by atoms with Crippen LogP contribution in [0.4, 0.5) is 0 Å². The summed E-state index contributed by atoms with van der Waals surface area (Å²) in [6, 6.07) is 27.9. The molecule has 0 nitrogen and oxygen atoms in total. The van der Waals surface area contributed by atoms with E-state index in [0.717, 1.165) is 0 Å². The normalized spacial score (nSPS) is 18.8. The maximum atomic E-state index is 2.53. The van der Waals surface area contributed by atoms with E-state index in [4.69, 9.17) is 0 Å². The van der Waals surface area contributed by atoms with Crippen LogP contribution in [0.1, 0.15) is 78.8 Å². The van der Waals surface area contributed by atoms with E-state index in [1.807, 2.05) is 0 Å². The van der Waals surface area contributed by atoms with Gasteiger partial charge in [0.1, 0.15) is 0 Å². The van der Waals surface area contributed by atoms with Crippen LogP contribution < -0.4 is 0 Å². The molecule has 0 spiro atoms. The quantitative estimate of drug-likeness (QED) is 0.223. The Morgan fingerprint density at radius 3 is 1.64 bits per heavy atom. The Morgan fingerprint density at radius 1 is 0.611 bits per heavy atom. The predicted molar refractivity (Wildman–Crippen MR) is 166 cm³/mol. The molecule has 2 heteroatoms. The highest BCUT2D eigenvalue weighted by molar-refractivity contribution is 7.77. The van der Waals surface area contributed by atoms with Crippen molar-refractivity contribution in [3.63, 3.8) is 0 Å². The van der Waals surface area contributed by atoms with Crippen molar-refractivity contribution in [2.45, 2.75) is 89.3 Å². The van der Waals surface area contributed by atoms with Gasteiger partial charge in [-0.2, -0.15) is 0 Å². The first-order valence-electron chi connectivity index (χ1n) is 13.4. The second-order valence-corrected chi connectivity index (χ2v) is 20.9. The monoisotopic (exact) mass is 512 g/mol. The molecule has 5 rings (SSSR count). The third-order valence-electron chi connectivity index (χ3n) is 7.69. The van der Waals surface area contributed by atoms with Gasteiger partial charge in [0.15, 0.2) is 0 Å². The summed E-state index contributed by atoms with van der Waals surface area (Å²) in [6.45, 7) is 22.6. The van der Waals surface area contributed by atoms with Gasteiger partial charge in [0.2, 0.25) is 0 Å². The molecule has 0 radical (unpaired) electrons. The van der Waals surface area contributed by atoms with Gasteiger partial charge in [-0.25, -0.2) is 0 Å². The fourth-order valence-electron chi connectivity index (χ4n) is 6.59. The molecule has 0 fully saturated rings. The Labute approximate surface area is 221 Å². The Morgan fingerprint density at radius 2 is 1.11 bits per heavy atom. The molecular formula is C34H42P2. The number of benzene rings is 4. The molecule has 0 saturated carbocycles. The van der Waals surface area contributed by atoms with Gasteiger partial charge in [0.25, 0.3) is 0 Å². The van der Waals surface area contributed by atoms with Crippen molar-refractivity contribution in [1.82, 2.24) is 0 Å². The molecule has 1 heterocycles. The third kappa shape index (κ3) is 4.44. The van der Waals surface area contributed by atoms with Gasteiger partial charge in [-0.05, 0) is 65.4 Å². The van der Waals surface area contributed by atoms with Gasteiger partial charge in [-0.1, -0.05) is 151 Å². The summed E-state index contributed by atoms with van der Waals surface area (Å²) in [5.74, 6) is 0. The highest BCUT2D eigenvalue weighted by Gasteiger charge is 2.48. The van der Waals surface area contributed by atoms with E-state index in [0.29, 0.717) is 5.40 Å². The summed E-state index contributed by atoms with van der Waals surface area (Å²) >= 11 is 0. The SMILES string of the molecule is CC(C)(C)P1Cc2ccc3ccccc3c2-c2c(ccc3ccccc23)[C@H]1P(C(C)(C)C)C(C)(C)C. The first kappa shape index (κ1) is 25.9. The summed E-state index contributed by atoms with van der Waals surface area (Å²) in [4.78, 5) is 0. The Hall–Kier alpha value is -1.74. The maximum Gasteiger partial charge on any atom is 0.0266 e. The van der Waals surface area contributed by atoms with Crippen molar-refractivity contribution >= 4 is 37.4 Å². The zero-order valence-electron chi connectivity index (χ0n) is 23.6. The van der Waals surface area contributed by atoms with Gasteiger partial charge < -0.3 is 0 Å². The number of rotatable bonds is 1. The molecule has 4 aromatic rings. The summed E-state index contributed by atoms with van der Waals surface area (Å²) in [7, 11) is -0.666. The highest BCUT2D eigenvalue weighted by atomic mass is 31.2. The van der Waals surface area contributed by atoms with Gasteiger partial charge in [-0.15, -0.1) is 0 Å². The van der Waals surface area contributed by atoms with Gasteiger partial charge >= 0.3 is 0 Å². The summed E-state index contributed by atoms with van der Waals surface area (Å²) in [6.07, 6.45) is 1.19. The topological polar surface area (TPSA) is 0 Å². The second kappa shape index (κ2) is 8.93. The lowest BCUT2D eigenvalue weighted by Gasteiger charge is -2.52. The predicted octanol–water partition coefficient (Wildman–Crippen LogP) is 11.5. The van der Waals surface area contributed by atoms with Crippen LogP contribution in [-0.2, 0) is 6.16 Å². The second-order valence-electron chi connectivity index (χ2n) is 13.5. The van der Waals surface area contributed by atoms with Crippen LogP contribution in [0.3, 0.4) is 0 Å². The van der Waals surface area contributed by atoms with Crippen molar-refractivity contribution in [1.29, 1.82) is 0 Å². The van der Waals surface area contributed by atoms with Crippen molar-refractivity contribution in [3.8, 4) is 11.1 Å². The largest absolute Gasteiger partial charge is 0.0844 e. The molecule has 0 bridgehead atoms. The first-order chi connectivity index (χ1) is 16.8. The standard InChI is InChI=1S/C34H42P2/c1-32(2,3)35-22-25-19-18-23-14-10-12-16-26(23)29(25)30-27-17-13-11-15-24(27)20-21-28(30)31(35)36(33(4,5)6)34(7,8)9/h10-21,31H,22H2,1-9H3/t31-,35?/m1/s1. The van der Waals surface area contributed by atoms with E-state index in [2.05, 4.69) is 135 Å². The van der Waals surface area contributed by atoms with Crippen LogP contribution in [0.15, 0.2) is 72.8 Å². The molecule has 1 unspecified atom stereocenters. The van der Waals surface area contributed by atoms with E-state index < -0.39 is 0 Å². The van der Waals surface area contributed by atoms with Crippen LogP contribution in [0, 0.1) is 0 Å². The summed E-state index contributed by atoms with van der Waals surface area (Å²) in [5.41, 5.74) is 6.17. The van der Waals surface area contributed by atoms with Crippen molar-refractivity contribution in [2.24, 2.45) is 0 Å². The molecule has 2 atom stereocenters. The molecule has 36 heavy (non-hydrogen) atoms. The molecule has 0 aromatic heterocycles. The van der Waals surface area contributed by atoms with E-state index in [1.54, 1.807) is 11.1 Å². The van der Waals surface area contributed by atoms with Crippen LogP contribution in [0.5, 0.6) is 0 Å². The minimum absolute atomic E-state index is 0.256. The minimum Gasteiger partial charge on any atom is -0.0844 e. The number of fused-ring (bicyclic) bond motifs is 7. The summed E-state index contributed by atoms with van der Waals surface area (Å²) in [5, 5.41) is 6.88. The molecule has 1 aliphatic rings. The van der Waals surface area contributed by atoms with E-state index in [9.17, 15) is 0 Å². The average Bonchev–Trinajstić information content (AvgIpc) is 2.92. The third-order valence-corrected chi connectivity index (χ3v) is 16.2. The fraction of sp³-hybridized carbons (Fsp3) is 0.412. The molecule has 0 saturated heterocycles. The van der Waals surface area contributed by atoms with Gasteiger partial charge in [-0.3, -0.25) is 0 Å². The Bertz CT molecular complexity index is 1410. The smallest absolute Gasteiger partial charge is 0.0266 e. The van der Waals surface area contributed by atoms with Crippen molar-refractivity contribution in [3.05, 3.63) is 83.9 Å². The molecule has 0 amide bonds. The molecule has 4 aromatic carbocycles. The lowest BCUT2D eigenvalue weighted by atomic mass is 9.88. The van der Waals surface area contributed by atoms with Crippen LogP contribution in [0.25, 0.3) is 32.7 Å². The van der Waals surface area contributed by atoms with Crippen LogP contribution in [-0.4, -0.2) is 15.5 Å². The molecule has 0 N–H and O–H groups in total. The van der Waals surface area contributed by atoms with Crippen LogP contribution in [0.2, 0.25) is 0 Å². The fourth-order valence-corrected chi connectivity index (χ4v) is 17.6. The lowest BCUT2D eigenvalue weighted by Crippen LogP contribution is -2.30. The molecule has 188 valence electrons. The summed E-state index contributed by atoms with van der Waals surface area (Å²) < 4.78 is 0. The molecular weight excluding hydrogens is 470 g/mol.